The molecule has 2 N–H and O–H groups in total. The minimum absolute atomic E-state index is 0.0692. The van der Waals surface area contributed by atoms with Crippen LogP contribution in [0, 0.1) is 0 Å². The summed E-state index contributed by atoms with van der Waals surface area (Å²) in [5.41, 5.74) is 1.63. The molecule has 0 unspecified atom stereocenters. The van der Waals surface area contributed by atoms with E-state index in [-0.39, 0.29) is 30.1 Å². The smallest absolute Gasteiger partial charge is 0.246 e. The second-order valence-electron chi connectivity index (χ2n) is 6.40. The van der Waals surface area contributed by atoms with E-state index in [1.54, 1.807) is 30.3 Å². The predicted molar refractivity (Wildman–Crippen MR) is 103 cm³/mol. The van der Waals surface area contributed by atoms with Crippen molar-refractivity contribution < 1.29 is 17.9 Å². The van der Waals surface area contributed by atoms with Gasteiger partial charge in [-0.3, -0.25) is 4.79 Å². The van der Waals surface area contributed by atoms with Gasteiger partial charge in [0.25, 0.3) is 0 Å². The molecule has 1 amide bonds. The third kappa shape index (κ3) is 6.04. The molecule has 2 aromatic rings. The van der Waals surface area contributed by atoms with Gasteiger partial charge in [-0.15, -0.1) is 0 Å². The molecule has 0 radical (unpaired) electrons. The SMILES string of the molecule is O=C(COCc1ccccc1Cl)NCc1ccc(S(=O)(=O)NC2CC2)cc1. The zero-order valence-corrected chi connectivity index (χ0v) is 16.2. The van der Waals surface area contributed by atoms with Crippen LogP contribution in [-0.4, -0.2) is 27.0 Å². The van der Waals surface area contributed by atoms with Crippen molar-refractivity contribution in [3.05, 3.63) is 64.7 Å². The lowest BCUT2D eigenvalue weighted by molar-refractivity contribution is -0.126. The van der Waals surface area contributed by atoms with Gasteiger partial charge in [0, 0.05) is 17.6 Å². The van der Waals surface area contributed by atoms with Crippen LogP contribution in [0.5, 0.6) is 0 Å². The first-order chi connectivity index (χ1) is 12.9. The molecule has 0 saturated heterocycles. The molecule has 0 heterocycles. The van der Waals surface area contributed by atoms with E-state index in [1.165, 1.54) is 0 Å². The molecule has 3 rings (SSSR count). The molecular formula is C19H21ClN2O4S. The molecule has 0 aliphatic heterocycles. The van der Waals surface area contributed by atoms with Gasteiger partial charge >= 0.3 is 0 Å². The number of carbonyl (C=O) groups excluding carboxylic acids is 1. The van der Waals surface area contributed by atoms with Crippen LogP contribution in [0.3, 0.4) is 0 Å². The predicted octanol–water partition coefficient (Wildman–Crippen LogP) is 2.61. The van der Waals surface area contributed by atoms with Crippen molar-refractivity contribution in [2.45, 2.75) is 36.9 Å². The fourth-order valence-electron chi connectivity index (χ4n) is 2.40. The third-order valence-electron chi connectivity index (χ3n) is 4.07. The Morgan fingerprint density at radius 3 is 2.48 bits per heavy atom. The number of amides is 1. The molecule has 144 valence electrons. The Balaban J connectivity index is 1.42. The van der Waals surface area contributed by atoms with Gasteiger partial charge in [-0.2, -0.15) is 0 Å². The second kappa shape index (κ2) is 8.84. The van der Waals surface area contributed by atoms with E-state index in [0.29, 0.717) is 11.6 Å². The van der Waals surface area contributed by atoms with E-state index in [0.717, 1.165) is 24.0 Å². The summed E-state index contributed by atoms with van der Waals surface area (Å²) in [4.78, 5) is 12.1. The first kappa shape index (κ1) is 19.8. The van der Waals surface area contributed by atoms with E-state index in [1.807, 2.05) is 18.2 Å². The monoisotopic (exact) mass is 408 g/mol. The van der Waals surface area contributed by atoms with Gasteiger partial charge < -0.3 is 10.1 Å². The van der Waals surface area contributed by atoms with Crippen LogP contribution in [0.25, 0.3) is 0 Å². The van der Waals surface area contributed by atoms with Crippen LogP contribution in [-0.2, 0) is 32.7 Å². The summed E-state index contributed by atoms with van der Waals surface area (Å²) < 4.78 is 32.2. The van der Waals surface area contributed by atoms with Crippen LogP contribution >= 0.6 is 11.6 Å². The van der Waals surface area contributed by atoms with Gasteiger partial charge in [-0.05, 0) is 42.2 Å². The molecule has 8 heteroatoms. The molecule has 2 aromatic carbocycles. The summed E-state index contributed by atoms with van der Waals surface area (Å²) in [6.07, 6.45) is 1.78. The highest BCUT2D eigenvalue weighted by molar-refractivity contribution is 7.89. The molecule has 27 heavy (non-hydrogen) atoms. The van der Waals surface area contributed by atoms with E-state index in [2.05, 4.69) is 10.0 Å². The van der Waals surface area contributed by atoms with Crippen molar-refractivity contribution >= 4 is 27.5 Å². The minimum Gasteiger partial charge on any atom is -0.367 e. The molecule has 1 aliphatic rings. The topological polar surface area (TPSA) is 84.5 Å². The number of carbonyl (C=O) groups is 1. The summed E-state index contributed by atoms with van der Waals surface area (Å²) in [6.45, 7) is 0.474. The molecule has 0 aromatic heterocycles. The number of benzene rings is 2. The second-order valence-corrected chi connectivity index (χ2v) is 8.52. The summed E-state index contributed by atoms with van der Waals surface area (Å²) in [6, 6.07) is 13.8. The van der Waals surface area contributed by atoms with Crippen molar-refractivity contribution in [3.63, 3.8) is 0 Å². The van der Waals surface area contributed by atoms with Gasteiger partial charge in [0.15, 0.2) is 0 Å². The van der Waals surface area contributed by atoms with Gasteiger partial charge in [0.2, 0.25) is 15.9 Å². The normalized spacial score (nSPS) is 14.1. The van der Waals surface area contributed by atoms with Crippen LogP contribution in [0.2, 0.25) is 5.02 Å². The van der Waals surface area contributed by atoms with Crippen LogP contribution in [0.1, 0.15) is 24.0 Å². The first-order valence-corrected chi connectivity index (χ1v) is 10.5. The van der Waals surface area contributed by atoms with Crippen LogP contribution in [0.15, 0.2) is 53.4 Å². The largest absolute Gasteiger partial charge is 0.367 e. The number of ether oxygens (including phenoxy) is 1. The Morgan fingerprint density at radius 2 is 1.81 bits per heavy atom. The van der Waals surface area contributed by atoms with Crippen LogP contribution in [0.4, 0.5) is 0 Å². The number of sulfonamides is 1. The number of rotatable bonds is 9. The number of halogens is 1. The molecule has 1 saturated carbocycles. The highest BCUT2D eigenvalue weighted by atomic mass is 35.5. The quantitative estimate of drug-likeness (QED) is 0.668. The standard InChI is InChI=1S/C19H21ClN2O4S/c20-18-4-2-1-3-15(18)12-26-13-19(23)21-11-14-5-9-17(10-6-14)27(24,25)22-16-7-8-16/h1-6,9-10,16,22H,7-8,11-13H2,(H,21,23). The number of hydrogen-bond acceptors (Lipinski definition) is 4. The van der Waals surface area contributed by atoms with Crippen molar-refractivity contribution in [3.8, 4) is 0 Å². The summed E-state index contributed by atoms with van der Waals surface area (Å²) in [5.74, 6) is -0.255. The van der Waals surface area contributed by atoms with E-state index < -0.39 is 10.0 Å². The minimum atomic E-state index is -3.46. The maximum Gasteiger partial charge on any atom is 0.246 e. The summed E-state index contributed by atoms with van der Waals surface area (Å²) >= 11 is 6.03. The van der Waals surface area contributed by atoms with Crippen molar-refractivity contribution in [1.82, 2.24) is 10.0 Å². The van der Waals surface area contributed by atoms with E-state index in [4.69, 9.17) is 16.3 Å². The Morgan fingerprint density at radius 1 is 1.11 bits per heavy atom. The zero-order valence-electron chi connectivity index (χ0n) is 14.7. The molecule has 0 spiro atoms. The lowest BCUT2D eigenvalue weighted by Crippen LogP contribution is -2.27. The molecular weight excluding hydrogens is 388 g/mol. The zero-order chi connectivity index (χ0) is 19.3. The number of hydrogen-bond donors (Lipinski definition) is 2. The molecule has 0 bridgehead atoms. The van der Waals surface area contributed by atoms with Gasteiger partial charge in [-0.1, -0.05) is 41.9 Å². The fourth-order valence-corrected chi connectivity index (χ4v) is 3.89. The average molecular weight is 409 g/mol. The van der Waals surface area contributed by atoms with Crippen molar-refractivity contribution in [2.24, 2.45) is 0 Å². The molecule has 1 aliphatic carbocycles. The van der Waals surface area contributed by atoms with Gasteiger partial charge in [0.05, 0.1) is 11.5 Å². The van der Waals surface area contributed by atoms with Gasteiger partial charge in [-0.25, -0.2) is 13.1 Å². The summed E-state index contributed by atoms with van der Waals surface area (Å²) in [5, 5.41) is 3.34. The van der Waals surface area contributed by atoms with Crippen molar-refractivity contribution in [1.29, 1.82) is 0 Å². The Bertz CT molecular complexity index is 896. The highest BCUT2D eigenvalue weighted by Gasteiger charge is 2.27. The average Bonchev–Trinajstić information content (AvgIpc) is 3.45. The molecule has 6 nitrogen and oxygen atoms in total. The van der Waals surface area contributed by atoms with E-state index in [9.17, 15) is 13.2 Å². The van der Waals surface area contributed by atoms with E-state index >= 15 is 0 Å². The van der Waals surface area contributed by atoms with Gasteiger partial charge in [0.1, 0.15) is 6.61 Å². The molecule has 0 atom stereocenters. The Labute approximate surface area is 163 Å². The Kier molecular flexibility index (Phi) is 6.49. The maximum absolute atomic E-state index is 12.1. The highest BCUT2D eigenvalue weighted by Crippen LogP contribution is 2.22. The number of nitrogens with one attached hydrogen (secondary N) is 2. The first-order valence-electron chi connectivity index (χ1n) is 8.63. The van der Waals surface area contributed by atoms with Crippen molar-refractivity contribution in [2.75, 3.05) is 6.61 Å². The lowest BCUT2D eigenvalue weighted by Gasteiger charge is -2.09. The van der Waals surface area contributed by atoms with Crippen LogP contribution < -0.4 is 10.0 Å². The fraction of sp³-hybridized carbons (Fsp3) is 0.316. The molecule has 1 fully saturated rings. The maximum atomic E-state index is 12.1. The Hall–Kier alpha value is -1.93. The lowest BCUT2D eigenvalue weighted by atomic mass is 10.2. The summed E-state index contributed by atoms with van der Waals surface area (Å²) in [7, 11) is -3.46. The third-order valence-corrected chi connectivity index (χ3v) is 5.98.